The summed E-state index contributed by atoms with van der Waals surface area (Å²) < 4.78 is 16.6. The van der Waals surface area contributed by atoms with Crippen LogP contribution >= 0.6 is 0 Å². The van der Waals surface area contributed by atoms with Crippen LogP contribution in [-0.2, 0) is 9.53 Å². The van der Waals surface area contributed by atoms with Gasteiger partial charge in [0.15, 0.2) is 0 Å². The van der Waals surface area contributed by atoms with Gasteiger partial charge in [-0.2, -0.15) is 0 Å². The summed E-state index contributed by atoms with van der Waals surface area (Å²) in [5.74, 6) is 1.88. The van der Waals surface area contributed by atoms with E-state index in [1.54, 1.807) is 7.11 Å². The van der Waals surface area contributed by atoms with Crippen LogP contribution in [0.3, 0.4) is 0 Å². The highest BCUT2D eigenvalue weighted by atomic mass is 16.5. The predicted octanol–water partition coefficient (Wildman–Crippen LogP) is 1.44. The molecule has 0 spiro atoms. The zero-order valence-corrected chi connectivity index (χ0v) is 14.2. The Hall–Kier alpha value is -1.79. The van der Waals surface area contributed by atoms with E-state index in [9.17, 15) is 4.79 Å². The lowest BCUT2D eigenvalue weighted by atomic mass is 10.1. The third-order valence-electron chi connectivity index (χ3n) is 4.58. The largest absolute Gasteiger partial charge is 0.497 e. The quantitative estimate of drug-likeness (QED) is 0.883. The van der Waals surface area contributed by atoms with Crippen molar-refractivity contribution in [3.63, 3.8) is 0 Å². The molecule has 2 aliphatic heterocycles. The summed E-state index contributed by atoms with van der Waals surface area (Å²) in [5, 5.41) is 3.33. The van der Waals surface area contributed by atoms with Crippen LogP contribution in [0.15, 0.2) is 24.3 Å². The molecule has 3 rings (SSSR count). The normalized spacial score (nSPS) is 22.2. The summed E-state index contributed by atoms with van der Waals surface area (Å²) in [4.78, 5) is 14.3. The number of likely N-dealkylation sites (tertiary alicyclic amines) is 1. The first-order chi connectivity index (χ1) is 11.7. The number of carbonyl (C=O) groups excluding carboxylic acids is 1. The minimum absolute atomic E-state index is 0.152. The summed E-state index contributed by atoms with van der Waals surface area (Å²) in [6.45, 7) is 3.71. The third kappa shape index (κ3) is 4.61. The van der Waals surface area contributed by atoms with E-state index in [-0.39, 0.29) is 18.1 Å². The highest BCUT2D eigenvalue weighted by Gasteiger charge is 2.26. The number of methoxy groups -OCH3 is 1. The molecule has 0 aromatic heterocycles. The van der Waals surface area contributed by atoms with Gasteiger partial charge >= 0.3 is 0 Å². The number of benzene rings is 1. The van der Waals surface area contributed by atoms with Crippen LogP contribution in [0.25, 0.3) is 0 Å². The van der Waals surface area contributed by atoms with Gasteiger partial charge in [-0.25, -0.2) is 0 Å². The van der Waals surface area contributed by atoms with Crippen LogP contribution in [0.4, 0.5) is 0 Å². The molecule has 0 saturated carbocycles. The summed E-state index contributed by atoms with van der Waals surface area (Å²) in [6, 6.07) is 7.79. The number of amides is 1. The molecule has 1 atom stereocenters. The summed E-state index contributed by atoms with van der Waals surface area (Å²) in [5.41, 5.74) is 0. The molecule has 2 saturated heterocycles. The van der Waals surface area contributed by atoms with E-state index in [4.69, 9.17) is 14.2 Å². The van der Waals surface area contributed by atoms with Crippen molar-refractivity contribution < 1.29 is 19.0 Å². The van der Waals surface area contributed by atoms with Crippen LogP contribution < -0.4 is 14.8 Å². The summed E-state index contributed by atoms with van der Waals surface area (Å²) >= 11 is 0. The topological polar surface area (TPSA) is 60.0 Å². The first kappa shape index (κ1) is 17.0. The number of hydrogen-bond donors (Lipinski definition) is 1. The molecule has 1 unspecified atom stereocenters. The van der Waals surface area contributed by atoms with Gasteiger partial charge in [0, 0.05) is 44.9 Å². The van der Waals surface area contributed by atoms with E-state index in [0.717, 1.165) is 50.6 Å². The molecule has 1 N–H and O–H groups in total. The smallest absolute Gasteiger partial charge is 0.224 e. The van der Waals surface area contributed by atoms with Gasteiger partial charge in [-0.1, -0.05) is 0 Å². The van der Waals surface area contributed by atoms with Crippen LogP contribution in [0.5, 0.6) is 11.5 Å². The van der Waals surface area contributed by atoms with Gasteiger partial charge < -0.3 is 24.4 Å². The molecule has 132 valence electrons. The van der Waals surface area contributed by atoms with E-state index in [1.165, 1.54) is 0 Å². The summed E-state index contributed by atoms with van der Waals surface area (Å²) in [7, 11) is 1.65. The molecule has 1 aromatic carbocycles. The third-order valence-corrected chi connectivity index (χ3v) is 4.58. The van der Waals surface area contributed by atoms with E-state index in [1.807, 2.05) is 29.2 Å². The molecule has 2 heterocycles. The number of piperidine rings is 1. The minimum Gasteiger partial charge on any atom is -0.497 e. The van der Waals surface area contributed by atoms with Crippen molar-refractivity contribution in [1.29, 1.82) is 0 Å². The molecule has 2 aliphatic rings. The average Bonchev–Trinajstić information content (AvgIpc) is 2.64. The standard InChI is InChI=1S/C18H26N2O4/c1-22-15-2-4-16(5-3-15)24-17-6-9-20(10-7-17)18(21)12-14-13-23-11-8-19-14/h2-5,14,17,19H,6-13H2,1H3. The fourth-order valence-corrected chi connectivity index (χ4v) is 3.16. The molecule has 6 heteroatoms. The molecule has 0 bridgehead atoms. The Morgan fingerprint density at radius 2 is 1.96 bits per heavy atom. The van der Waals surface area contributed by atoms with Crippen molar-refractivity contribution in [2.75, 3.05) is 40.0 Å². The van der Waals surface area contributed by atoms with E-state index in [0.29, 0.717) is 13.0 Å². The maximum absolute atomic E-state index is 12.4. The molecule has 0 aliphatic carbocycles. The van der Waals surface area contributed by atoms with Crippen molar-refractivity contribution in [3.8, 4) is 11.5 Å². The second-order valence-electron chi connectivity index (χ2n) is 6.30. The maximum Gasteiger partial charge on any atom is 0.224 e. The maximum atomic E-state index is 12.4. The Bertz CT molecular complexity index is 520. The molecular weight excluding hydrogens is 308 g/mol. The summed E-state index contributed by atoms with van der Waals surface area (Å²) in [6.07, 6.45) is 2.42. The van der Waals surface area contributed by atoms with Gasteiger partial charge in [0.05, 0.1) is 20.3 Å². The highest BCUT2D eigenvalue weighted by molar-refractivity contribution is 5.77. The Morgan fingerprint density at radius 3 is 2.58 bits per heavy atom. The van der Waals surface area contributed by atoms with Gasteiger partial charge in [-0.15, -0.1) is 0 Å². The van der Waals surface area contributed by atoms with Gasteiger partial charge in [0.1, 0.15) is 17.6 Å². The lowest BCUT2D eigenvalue weighted by molar-refractivity contribution is -0.134. The monoisotopic (exact) mass is 334 g/mol. The average molecular weight is 334 g/mol. The van der Waals surface area contributed by atoms with Gasteiger partial charge in [-0.3, -0.25) is 4.79 Å². The van der Waals surface area contributed by atoms with Gasteiger partial charge in [0.2, 0.25) is 5.91 Å². The van der Waals surface area contributed by atoms with Crippen LogP contribution in [0.1, 0.15) is 19.3 Å². The van der Waals surface area contributed by atoms with Crippen molar-refractivity contribution in [1.82, 2.24) is 10.2 Å². The molecular formula is C18H26N2O4. The number of ether oxygens (including phenoxy) is 3. The SMILES string of the molecule is COc1ccc(OC2CCN(C(=O)CC3COCCN3)CC2)cc1. The lowest BCUT2D eigenvalue weighted by Crippen LogP contribution is -2.47. The van der Waals surface area contributed by atoms with Crippen LogP contribution in [0, 0.1) is 0 Å². The lowest BCUT2D eigenvalue weighted by Gasteiger charge is -2.33. The number of nitrogens with one attached hydrogen (secondary N) is 1. The van der Waals surface area contributed by atoms with Crippen LogP contribution in [-0.4, -0.2) is 62.9 Å². The molecule has 6 nitrogen and oxygen atoms in total. The molecule has 0 radical (unpaired) electrons. The van der Waals surface area contributed by atoms with E-state index >= 15 is 0 Å². The fraction of sp³-hybridized carbons (Fsp3) is 0.611. The Kier molecular flexibility index (Phi) is 5.93. The van der Waals surface area contributed by atoms with Crippen molar-refractivity contribution in [2.24, 2.45) is 0 Å². The van der Waals surface area contributed by atoms with E-state index < -0.39 is 0 Å². The fourth-order valence-electron chi connectivity index (χ4n) is 3.16. The van der Waals surface area contributed by atoms with E-state index in [2.05, 4.69) is 5.32 Å². The van der Waals surface area contributed by atoms with Crippen molar-refractivity contribution >= 4 is 5.91 Å². The zero-order chi connectivity index (χ0) is 16.8. The second-order valence-corrected chi connectivity index (χ2v) is 6.30. The first-order valence-corrected chi connectivity index (χ1v) is 8.64. The molecule has 1 amide bonds. The molecule has 24 heavy (non-hydrogen) atoms. The number of rotatable bonds is 5. The van der Waals surface area contributed by atoms with Gasteiger partial charge in [0.25, 0.3) is 0 Å². The van der Waals surface area contributed by atoms with Crippen molar-refractivity contribution in [3.05, 3.63) is 24.3 Å². The predicted molar refractivity (Wildman–Crippen MR) is 90.5 cm³/mol. The van der Waals surface area contributed by atoms with Crippen molar-refractivity contribution in [2.45, 2.75) is 31.4 Å². The second kappa shape index (κ2) is 8.35. The molecule has 1 aromatic rings. The number of morpholine rings is 1. The number of hydrogen-bond acceptors (Lipinski definition) is 5. The zero-order valence-electron chi connectivity index (χ0n) is 14.2. The Labute approximate surface area is 143 Å². The van der Waals surface area contributed by atoms with Gasteiger partial charge in [-0.05, 0) is 24.3 Å². The Balaban J connectivity index is 1.42. The Morgan fingerprint density at radius 1 is 1.25 bits per heavy atom. The molecule has 2 fully saturated rings. The van der Waals surface area contributed by atoms with Crippen LogP contribution in [0.2, 0.25) is 0 Å². The minimum atomic E-state index is 0.152. The highest BCUT2D eigenvalue weighted by Crippen LogP contribution is 2.22. The number of nitrogens with zero attached hydrogens (tertiary/aromatic N) is 1. The first-order valence-electron chi connectivity index (χ1n) is 8.64. The number of carbonyl (C=O) groups is 1.